The molecule has 2 rings (SSSR count). The first kappa shape index (κ1) is 16.7. The minimum absolute atomic E-state index is 0.0577. The van der Waals surface area contributed by atoms with Crippen LogP contribution in [0.4, 0.5) is 0 Å². The maximum atomic E-state index is 12.3. The molecule has 11 nitrogen and oxygen atoms in total. The van der Waals surface area contributed by atoms with E-state index in [4.69, 9.17) is 9.85 Å². The molecule has 0 spiro atoms. The molecule has 2 aromatic carbocycles. The summed E-state index contributed by atoms with van der Waals surface area (Å²) in [5, 5.41) is 68.5. The molecular weight excluding hydrogens is 374 g/mol. The number of hydrazine groups is 1. The number of hydrogen-bond donors (Lipinski definition) is 9. The van der Waals surface area contributed by atoms with Crippen molar-refractivity contribution in [3.05, 3.63) is 35.4 Å². The van der Waals surface area contributed by atoms with E-state index in [1.165, 1.54) is 12.1 Å². The molecule has 0 aliphatic rings. The average Bonchev–Trinajstić information content (AvgIpc) is 2.67. The molecule has 1 amide bonds. The van der Waals surface area contributed by atoms with Gasteiger partial charge in [0.2, 0.25) is 11.5 Å². The Labute approximate surface area is 163 Å². The molecule has 11 heteroatoms. The predicted octanol–water partition coefficient (Wildman–Crippen LogP) is -0.727. The van der Waals surface area contributed by atoms with Gasteiger partial charge in [0.15, 0.2) is 23.0 Å². The van der Waals surface area contributed by atoms with Crippen LogP contribution in [0.25, 0.3) is 0 Å². The lowest BCUT2D eigenvalue weighted by Crippen LogP contribution is -2.50. The summed E-state index contributed by atoms with van der Waals surface area (Å²) in [6.07, 6.45) is 0. The molecule has 0 aromatic heterocycles. The fraction of sp³-hybridized carbons (Fsp3) is 0.235. The number of carbonyl (C=O) groups excluding carboxylic acids is 1. The van der Waals surface area contributed by atoms with Crippen LogP contribution < -0.4 is 11.2 Å². The van der Waals surface area contributed by atoms with Gasteiger partial charge in [-0.2, -0.15) is 0 Å². The minimum atomic E-state index is -3.44. The van der Waals surface area contributed by atoms with Crippen LogP contribution in [-0.4, -0.2) is 59.2 Å². The Morgan fingerprint density at radius 1 is 0.964 bits per heavy atom. The standard InChI is InChI=1S/C17H21N3O8/c18-10(7-21)17(28)19-20(5-8-1-3-11(22)15(26)13(8)24)6-9-2-4-12(23)16(27)14(9)25/h1-4,10,21-27H,5-7,18H2,(H,19,28)/t10-/m0/s1/i7D2,10D. The molecule has 0 bridgehead atoms. The smallest absolute Gasteiger partial charge is 0.253 e. The summed E-state index contributed by atoms with van der Waals surface area (Å²) >= 11 is 0. The third-order valence-corrected chi connectivity index (χ3v) is 3.77. The van der Waals surface area contributed by atoms with E-state index in [9.17, 15) is 40.5 Å². The highest BCUT2D eigenvalue weighted by atomic mass is 16.3. The largest absolute Gasteiger partial charge is 0.504 e. The summed E-state index contributed by atoms with van der Waals surface area (Å²) < 4.78 is 21.9. The molecule has 152 valence electrons. The lowest BCUT2D eigenvalue weighted by atomic mass is 10.1. The number of aliphatic hydroxyl groups is 1. The Hall–Kier alpha value is -3.41. The number of hydrogen-bond acceptors (Lipinski definition) is 10. The molecule has 10 N–H and O–H groups in total. The zero-order chi connectivity index (χ0) is 23.7. The second-order valence-electron chi connectivity index (χ2n) is 5.70. The molecule has 0 saturated heterocycles. The Balaban J connectivity index is 2.41. The molecule has 0 fully saturated rings. The Bertz CT molecular complexity index is 938. The van der Waals surface area contributed by atoms with E-state index in [0.29, 0.717) is 0 Å². The lowest BCUT2D eigenvalue weighted by molar-refractivity contribution is -0.128. The molecule has 0 saturated carbocycles. The van der Waals surface area contributed by atoms with Crippen molar-refractivity contribution < 1.29 is 44.7 Å². The summed E-state index contributed by atoms with van der Waals surface area (Å²) in [5.41, 5.74) is 7.22. The van der Waals surface area contributed by atoms with E-state index in [1.807, 2.05) is 0 Å². The number of carbonyl (C=O) groups is 1. The molecule has 0 unspecified atom stereocenters. The van der Waals surface area contributed by atoms with Crippen LogP contribution in [0.3, 0.4) is 0 Å². The van der Waals surface area contributed by atoms with Crippen molar-refractivity contribution in [1.82, 2.24) is 10.4 Å². The first-order valence-electron chi connectivity index (χ1n) is 9.19. The van der Waals surface area contributed by atoms with E-state index in [2.05, 4.69) is 5.43 Å². The SMILES string of the molecule is [2H]C([2H])(O)[C@]([2H])(N)C(=O)NN(Cc1ccc(O)c(O)c1O)Cc1ccc(O)c(O)c1O. The number of nitrogens with two attached hydrogens (primary N) is 1. The first-order valence-corrected chi connectivity index (χ1v) is 7.69. The van der Waals surface area contributed by atoms with Crippen LogP contribution in [-0.2, 0) is 17.9 Å². The van der Waals surface area contributed by atoms with Gasteiger partial charge in [-0.3, -0.25) is 10.2 Å². The molecule has 0 heterocycles. The van der Waals surface area contributed by atoms with Gasteiger partial charge < -0.3 is 41.5 Å². The van der Waals surface area contributed by atoms with Gasteiger partial charge in [-0.1, -0.05) is 12.1 Å². The van der Waals surface area contributed by atoms with E-state index in [0.717, 1.165) is 17.1 Å². The van der Waals surface area contributed by atoms with E-state index in [-0.39, 0.29) is 11.1 Å². The van der Waals surface area contributed by atoms with Gasteiger partial charge in [-0.05, 0) is 12.1 Å². The zero-order valence-corrected chi connectivity index (χ0v) is 14.3. The number of nitrogens with zero attached hydrogens (tertiary/aromatic N) is 1. The van der Waals surface area contributed by atoms with Gasteiger partial charge >= 0.3 is 0 Å². The van der Waals surface area contributed by atoms with E-state index in [1.54, 1.807) is 0 Å². The van der Waals surface area contributed by atoms with Gasteiger partial charge in [0.1, 0.15) is 6.02 Å². The highest BCUT2D eigenvalue weighted by molar-refractivity contribution is 5.81. The van der Waals surface area contributed by atoms with Crippen molar-refractivity contribution >= 4 is 5.91 Å². The Morgan fingerprint density at radius 2 is 1.39 bits per heavy atom. The number of rotatable bonds is 7. The van der Waals surface area contributed by atoms with Gasteiger partial charge in [-0.25, -0.2) is 5.01 Å². The zero-order valence-electron chi connectivity index (χ0n) is 17.3. The minimum Gasteiger partial charge on any atom is -0.504 e. The Morgan fingerprint density at radius 3 is 1.79 bits per heavy atom. The normalized spacial score (nSPS) is 15.3. The molecular formula is C17H21N3O8. The maximum Gasteiger partial charge on any atom is 0.253 e. The highest BCUT2D eigenvalue weighted by Crippen LogP contribution is 2.39. The van der Waals surface area contributed by atoms with Crippen LogP contribution in [0.15, 0.2) is 24.3 Å². The predicted molar refractivity (Wildman–Crippen MR) is 95.3 cm³/mol. The van der Waals surface area contributed by atoms with Crippen molar-refractivity contribution in [2.24, 2.45) is 5.73 Å². The van der Waals surface area contributed by atoms with Gasteiger partial charge in [-0.15, -0.1) is 0 Å². The Kier molecular flexibility index (Phi) is 5.09. The molecule has 0 aliphatic carbocycles. The van der Waals surface area contributed by atoms with Crippen LogP contribution in [0.2, 0.25) is 0 Å². The third-order valence-electron chi connectivity index (χ3n) is 3.77. The first-order chi connectivity index (χ1) is 14.2. The van der Waals surface area contributed by atoms with Crippen molar-refractivity contribution in [3.8, 4) is 34.5 Å². The fourth-order valence-corrected chi connectivity index (χ4v) is 2.28. The lowest BCUT2D eigenvalue weighted by Gasteiger charge is -2.25. The highest BCUT2D eigenvalue weighted by Gasteiger charge is 2.21. The van der Waals surface area contributed by atoms with Crippen LogP contribution in [0.5, 0.6) is 34.5 Å². The molecule has 0 aliphatic heterocycles. The molecule has 28 heavy (non-hydrogen) atoms. The number of benzene rings is 2. The second kappa shape index (κ2) is 8.52. The number of nitrogens with one attached hydrogen (secondary N) is 1. The number of amides is 1. The maximum absolute atomic E-state index is 12.3. The van der Waals surface area contributed by atoms with Crippen LogP contribution in [0, 0.1) is 0 Å². The summed E-state index contributed by atoms with van der Waals surface area (Å²) in [6.45, 7) is -4.34. The van der Waals surface area contributed by atoms with Crippen LogP contribution >= 0.6 is 0 Å². The summed E-state index contributed by atoms with van der Waals surface area (Å²) in [7, 11) is 0. The number of phenolic OH excluding ortho intramolecular Hbond substituents is 6. The van der Waals surface area contributed by atoms with Crippen molar-refractivity contribution in [1.29, 1.82) is 0 Å². The monoisotopic (exact) mass is 398 g/mol. The number of phenols is 6. The van der Waals surface area contributed by atoms with E-state index < -0.39 is 66.1 Å². The van der Waals surface area contributed by atoms with Gasteiger partial charge in [0, 0.05) is 24.2 Å². The third kappa shape index (κ3) is 4.46. The average molecular weight is 398 g/mol. The van der Waals surface area contributed by atoms with Crippen LogP contribution in [0.1, 0.15) is 15.2 Å². The summed E-state index contributed by atoms with van der Waals surface area (Å²) in [4.78, 5) is 12.3. The van der Waals surface area contributed by atoms with Gasteiger partial charge in [0.25, 0.3) is 5.91 Å². The van der Waals surface area contributed by atoms with Crippen molar-refractivity contribution in [2.75, 3.05) is 6.56 Å². The number of aromatic hydroxyl groups is 6. The van der Waals surface area contributed by atoms with E-state index >= 15 is 0 Å². The quantitative estimate of drug-likeness (QED) is 0.211. The molecule has 1 atom stereocenters. The molecule has 0 radical (unpaired) electrons. The van der Waals surface area contributed by atoms with Gasteiger partial charge in [0.05, 0.1) is 10.7 Å². The summed E-state index contributed by atoms with van der Waals surface area (Å²) in [5.74, 6) is -5.97. The van der Waals surface area contributed by atoms with Crippen molar-refractivity contribution in [3.63, 3.8) is 0 Å². The fourth-order valence-electron chi connectivity index (χ4n) is 2.28. The van der Waals surface area contributed by atoms with Crippen molar-refractivity contribution in [2.45, 2.75) is 19.1 Å². The topological polar surface area (TPSA) is 200 Å². The summed E-state index contributed by atoms with van der Waals surface area (Å²) in [6, 6.07) is 1.28. The second-order valence-corrected chi connectivity index (χ2v) is 5.70. The molecule has 2 aromatic rings.